The lowest BCUT2D eigenvalue weighted by atomic mass is 9.90. The Morgan fingerprint density at radius 2 is 1.37 bits per heavy atom. The molecule has 0 amide bonds. The number of unbranched alkanes of at least 4 members (excludes halogenated alkanes) is 1. The molecule has 1 aliphatic heterocycles. The van der Waals surface area contributed by atoms with Gasteiger partial charge in [-0.05, 0) is 81.9 Å². The molecular weight excluding hydrogens is 530 g/mol. The molecule has 1 aliphatic rings. The summed E-state index contributed by atoms with van der Waals surface area (Å²) in [6.07, 6.45) is 2.04. The molecule has 0 bridgehead atoms. The highest BCUT2D eigenvalue weighted by molar-refractivity contribution is 7.80. The van der Waals surface area contributed by atoms with Crippen molar-refractivity contribution in [3.63, 3.8) is 0 Å². The second-order valence-electron chi connectivity index (χ2n) is 9.84. The standard InChI is InChI=1S/C33H41N5O2S/c1-6-11-20-34-33(41)36-35-32(39)26-15-13-12-14-25(26)31-27-18-16-23(37(7-2)8-3)21-29(27)40-30-22-24(17-19-28(30)31)38(9-4)10-5/h12-19,21-22,39H,6-11,20H2,1-5H3,(H,34,41)/b32-26+,36-35-. The van der Waals surface area contributed by atoms with Gasteiger partial charge >= 0.3 is 0 Å². The van der Waals surface area contributed by atoms with Crippen LogP contribution in [0.3, 0.4) is 0 Å². The Morgan fingerprint density at radius 1 is 0.805 bits per heavy atom. The number of benzene rings is 3. The van der Waals surface area contributed by atoms with Crippen LogP contribution >= 0.6 is 12.2 Å². The van der Waals surface area contributed by atoms with Gasteiger partial charge in [-0.3, -0.25) is 0 Å². The van der Waals surface area contributed by atoms with Gasteiger partial charge in [0, 0.05) is 78.1 Å². The van der Waals surface area contributed by atoms with Gasteiger partial charge in [0.1, 0.15) is 11.5 Å². The Morgan fingerprint density at radius 3 is 1.90 bits per heavy atom. The zero-order chi connectivity index (χ0) is 29.4. The molecule has 1 heterocycles. The maximum absolute atomic E-state index is 11.1. The number of hydrogen-bond acceptors (Lipinski definition) is 6. The van der Waals surface area contributed by atoms with Crippen molar-refractivity contribution in [2.24, 2.45) is 10.2 Å². The summed E-state index contributed by atoms with van der Waals surface area (Å²) in [6.45, 7) is 15.1. The van der Waals surface area contributed by atoms with Gasteiger partial charge in [0.2, 0.25) is 11.0 Å². The van der Waals surface area contributed by atoms with E-state index in [0.717, 1.165) is 90.4 Å². The first-order valence-electron chi connectivity index (χ1n) is 14.6. The Kier molecular flexibility index (Phi) is 10.4. The van der Waals surface area contributed by atoms with Crippen LogP contribution in [-0.2, 0) is 0 Å². The minimum atomic E-state index is -0.193. The number of hydrogen-bond donors (Lipinski definition) is 2. The molecule has 0 unspecified atom stereocenters. The molecule has 2 N–H and O–H groups in total. The van der Waals surface area contributed by atoms with Gasteiger partial charge in [-0.2, -0.15) is 0 Å². The number of azo groups is 1. The first-order chi connectivity index (χ1) is 19.9. The summed E-state index contributed by atoms with van der Waals surface area (Å²) in [6, 6.07) is 20.4. The van der Waals surface area contributed by atoms with Crippen molar-refractivity contribution in [1.29, 1.82) is 0 Å². The maximum atomic E-state index is 11.1. The van der Waals surface area contributed by atoms with Gasteiger partial charge in [0.15, 0.2) is 0 Å². The molecule has 216 valence electrons. The monoisotopic (exact) mass is 571 g/mol. The van der Waals surface area contributed by atoms with Crippen LogP contribution in [0.25, 0.3) is 11.5 Å². The van der Waals surface area contributed by atoms with Gasteiger partial charge in [0.25, 0.3) is 0 Å². The molecule has 0 aromatic heterocycles. The van der Waals surface area contributed by atoms with Crippen molar-refractivity contribution >= 4 is 40.2 Å². The zero-order valence-electron chi connectivity index (χ0n) is 24.8. The maximum Gasteiger partial charge on any atom is 0.239 e. The highest BCUT2D eigenvalue weighted by atomic mass is 32.1. The van der Waals surface area contributed by atoms with Gasteiger partial charge in [-0.1, -0.05) is 31.5 Å². The lowest BCUT2D eigenvalue weighted by molar-refractivity contribution is 0.473. The molecule has 0 fully saturated rings. The van der Waals surface area contributed by atoms with Crippen LogP contribution in [0, 0.1) is 0 Å². The van der Waals surface area contributed by atoms with E-state index in [9.17, 15) is 5.11 Å². The Balaban J connectivity index is 1.96. The van der Waals surface area contributed by atoms with Crippen molar-refractivity contribution in [2.45, 2.75) is 47.5 Å². The fourth-order valence-corrected chi connectivity index (χ4v) is 5.32. The number of anilines is 2. The van der Waals surface area contributed by atoms with Crippen LogP contribution in [0.4, 0.5) is 11.4 Å². The fourth-order valence-electron chi connectivity index (χ4n) is 5.18. The first-order valence-corrected chi connectivity index (χ1v) is 15.0. The number of nitrogens with one attached hydrogen (secondary N) is 1. The zero-order valence-corrected chi connectivity index (χ0v) is 25.6. The Hall–Kier alpha value is -3.91. The van der Waals surface area contributed by atoms with Crippen LogP contribution < -0.4 is 30.3 Å². The summed E-state index contributed by atoms with van der Waals surface area (Å²) in [5, 5.41) is 24.0. The van der Waals surface area contributed by atoms with Crippen molar-refractivity contribution in [1.82, 2.24) is 5.32 Å². The first kappa shape index (κ1) is 30.1. The lowest BCUT2D eigenvalue weighted by Gasteiger charge is -2.28. The van der Waals surface area contributed by atoms with E-state index in [0.29, 0.717) is 5.22 Å². The predicted molar refractivity (Wildman–Crippen MR) is 174 cm³/mol. The molecule has 3 aromatic rings. The topological polar surface area (TPSA) is 72.7 Å². The van der Waals surface area contributed by atoms with Crippen molar-refractivity contribution < 1.29 is 9.84 Å². The molecule has 0 aliphatic carbocycles. The van der Waals surface area contributed by atoms with E-state index in [2.05, 4.69) is 96.4 Å². The number of thiocarbonyl (C=S) groups is 1. The van der Waals surface area contributed by atoms with Gasteiger partial charge < -0.3 is 25.0 Å². The molecule has 0 spiro atoms. The fraction of sp³-hybridized carbons (Fsp3) is 0.364. The number of rotatable bonds is 10. The minimum Gasteiger partial charge on any atom is -0.492 e. The number of ether oxygens (including phenoxy) is 1. The minimum absolute atomic E-state index is 0.193. The molecule has 41 heavy (non-hydrogen) atoms. The summed E-state index contributed by atoms with van der Waals surface area (Å²) >= 11 is 5.28. The normalized spacial score (nSPS) is 12.9. The average molecular weight is 572 g/mol. The van der Waals surface area contributed by atoms with E-state index in [1.54, 1.807) is 0 Å². The van der Waals surface area contributed by atoms with Crippen LogP contribution in [0.5, 0.6) is 11.5 Å². The summed E-state index contributed by atoms with van der Waals surface area (Å²) in [4.78, 5) is 4.60. The quantitative estimate of drug-likeness (QED) is 0.129. The van der Waals surface area contributed by atoms with E-state index in [1.165, 1.54) is 0 Å². The second-order valence-corrected chi connectivity index (χ2v) is 10.2. The molecular formula is C33H41N5O2S. The second kappa shape index (κ2) is 14.1. The molecule has 3 aromatic carbocycles. The summed E-state index contributed by atoms with van der Waals surface area (Å²) in [5.41, 5.74) is 5.10. The predicted octanol–water partition coefficient (Wildman–Crippen LogP) is 6.48. The van der Waals surface area contributed by atoms with E-state index < -0.39 is 0 Å². The largest absolute Gasteiger partial charge is 0.492 e. The average Bonchev–Trinajstić information content (AvgIpc) is 3.00. The molecule has 0 saturated heterocycles. The van der Waals surface area contributed by atoms with E-state index in [4.69, 9.17) is 17.0 Å². The van der Waals surface area contributed by atoms with Crippen LogP contribution in [0.15, 0.2) is 70.9 Å². The van der Waals surface area contributed by atoms with Gasteiger partial charge in [0.05, 0.1) is 0 Å². The van der Waals surface area contributed by atoms with Crippen molar-refractivity contribution in [3.8, 4) is 11.5 Å². The summed E-state index contributed by atoms with van der Waals surface area (Å²) in [5.74, 6) is 1.37. The van der Waals surface area contributed by atoms with E-state index in [-0.39, 0.29) is 11.0 Å². The van der Waals surface area contributed by atoms with Gasteiger partial charge in [-0.25, -0.2) is 0 Å². The van der Waals surface area contributed by atoms with Gasteiger partial charge in [-0.15, -0.1) is 10.2 Å². The lowest BCUT2D eigenvalue weighted by Crippen LogP contribution is -2.30. The number of fused-ring (bicyclic) bond motifs is 2. The number of aliphatic hydroxyl groups is 1. The number of aliphatic hydroxyl groups excluding tert-OH is 1. The third kappa shape index (κ3) is 6.70. The molecule has 0 radical (unpaired) electrons. The SMILES string of the molecule is CCCCNC(=S)/N=N\C(O)=c1\ccccc1=C1c2ccc(N(CC)CC)cc2Oc2cc(N(CC)CC)ccc21. The van der Waals surface area contributed by atoms with Crippen molar-refractivity contribution in [3.05, 3.63) is 82.2 Å². The third-order valence-corrected chi connectivity index (χ3v) is 7.65. The smallest absolute Gasteiger partial charge is 0.239 e. The van der Waals surface area contributed by atoms with E-state index in [1.807, 2.05) is 24.3 Å². The molecule has 8 heteroatoms. The summed E-state index contributed by atoms with van der Waals surface area (Å²) < 4.78 is 6.60. The highest BCUT2D eigenvalue weighted by Crippen LogP contribution is 2.45. The van der Waals surface area contributed by atoms with Crippen molar-refractivity contribution in [2.75, 3.05) is 42.5 Å². The molecule has 0 atom stereocenters. The van der Waals surface area contributed by atoms with E-state index >= 15 is 0 Å². The Labute approximate surface area is 248 Å². The van der Waals surface area contributed by atoms with Crippen LogP contribution in [0.1, 0.15) is 58.6 Å². The molecule has 0 saturated carbocycles. The highest BCUT2D eigenvalue weighted by Gasteiger charge is 2.25. The Bertz CT molecular complexity index is 1460. The third-order valence-electron chi connectivity index (χ3n) is 7.43. The number of nitrogens with zero attached hydrogens (tertiary/aromatic N) is 4. The molecule has 7 nitrogen and oxygen atoms in total. The molecule has 4 rings (SSSR count). The van der Waals surface area contributed by atoms with Crippen LogP contribution in [-0.4, -0.2) is 42.9 Å². The van der Waals surface area contributed by atoms with Crippen LogP contribution in [0.2, 0.25) is 0 Å². The summed E-state index contributed by atoms with van der Waals surface area (Å²) in [7, 11) is 0.